The molecule has 0 bridgehead atoms. The van der Waals surface area contributed by atoms with Crippen LogP contribution in [-0.4, -0.2) is 48.4 Å². The quantitative estimate of drug-likeness (QED) is 0.870. The number of halogens is 1. The second kappa shape index (κ2) is 8.67. The van der Waals surface area contributed by atoms with Crippen LogP contribution in [0.25, 0.3) is 0 Å². The molecule has 0 aliphatic carbocycles. The van der Waals surface area contributed by atoms with Crippen molar-refractivity contribution in [1.29, 1.82) is 0 Å². The van der Waals surface area contributed by atoms with E-state index in [2.05, 4.69) is 21.2 Å². The van der Waals surface area contributed by atoms with Crippen molar-refractivity contribution in [2.75, 3.05) is 38.0 Å². The summed E-state index contributed by atoms with van der Waals surface area (Å²) in [5.74, 6) is 0.0608. The number of carbonyl (C=O) groups is 1. The lowest BCUT2D eigenvalue weighted by Crippen LogP contribution is -2.48. The maximum absolute atomic E-state index is 12.4. The Morgan fingerprint density at radius 1 is 1.00 bits per heavy atom. The van der Waals surface area contributed by atoms with Crippen molar-refractivity contribution in [1.82, 2.24) is 9.80 Å². The standard InChI is InChI=1S/C21H26ClN3O/c1-16-5-3-6-17(2)21(16)23-20(26)15-25-11-9-24(10-12-25)14-18-7-4-8-19(22)13-18/h3-8,13H,9-12,14-15H2,1-2H3,(H,23,26). The van der Waals surface area contributed by atoms with Crippen LogP contribution in [0.15, 0.2) is 42.5 Å². The minimum Gasteiger partial charge on any atom is -0.324 e. The molecular weight excluding hydrogens is 346 g/mol. The van der Waals surface area contributed by atoms with Crippen LogP contribution in [0.3, 0.4) is 0 Å². The molecule has 1 aliphatic rings. The molecular formula is C21H26ClN3O. The normalized spacial score (nSPS) is 15.8. The summed E-state index contributed by atoms with van der Waals surface area (Å²) in [6.07, 6.45) is 0. The van der Waals surface area contributed by atoms with Gasteiger partial charge in [0.15, 0.2) is 0 Å². The number of para-hydroxylation sites is 1. The topological polar surface area (TPSA) is 35.6 Å². The number of benzene rings is 2. The van der Waals surface area contributed by atoms with Gasteiger partial charge in [-0.15, -0.1) is 0 Å². The van der Waals surface area contributed by atoms with Crippen molar-refractivity contribution in [2.24, 2.45) is 0 Å². The van der Waals surface area contributed by atoms with E-state index >= 15 is 0 Å². The largest absolute Gasteiger partial charge is 0.324 e. The Morgan fingerprint density at radius 2 is 1.62 bits per heavy atom. The van der Waals surface area contributed by atoms with Gasteiger partial charge >= 0.3 is 0 Å². The Bertz CT molecular complexity index is 749. The smallest absolute Gasteiger partial charge is 0.238 e. The van der Waals surface area contributed by atoms with E-state index in [0.717, 1.165) is 54.6 Å². The molecule has 3 rings (SSSR count). The Balaban J connectivity index is 1.47. The summed E-state index contributed by atoms with van der Waals surface area (Å²) in [7, 11) is 0. The lowest BCUT2D eigenvalue weighted by molar-refractivity contribution is -0.117. The fourth-order valence-electron chi connectivity index (χ4n) is 3.39. The highest BCUT2D eigenvalue weighted by Crippen LogP contribution is 2.19. The molecule has 1 fully saturated rings. The summed E-state index contributed by atoms with van der Waals surface area (Å²) in [6, 6.07) is 14.1. The van der Waals surface area contributed by atoms with Gasteiger partial charge in [0.1, 0.15) is 0 Å². The van der Waals surface area contributed by atoms with Gasteiger partial charge < -0.3 is 5.32 Å². The zero-order valence-electron chi connectivity index (χ0n) is 15.5. The van der Waals surface area contributed by atoms with E-state index < -0.39 is 0 Å². The number of carbonyl (C=O) groups excluding carboxylic acids is 1. The predicted octanol–water partition coefficient (Wildman–Crippen LogP) is 3.71. The molecule has 26 heavy (non-hydrogen) atoms. The van der Waals surface area contributed by atoms with Crippen LogP contribution in [0, 0.1) is 13.8 Å². The fourth-order valence-corrected chi connectivity index (χ4v) is 3.61. The molecule has 0 radical (unpaired) electrons. The molecule has 0 spiro atoms. The molecule has 1 aliphatic heterocycles. The number of nitrogens with zero attached hydrogens (tertiary/aromatic N) is 2. The SMILES string of the molecule is Cc1cccc(C)c1NC(=O)CN1CCN(Cc2cccc(Cl)c2)CC1. The number of nitrogens with one attached hydrogen (secondary N) is 1. The van der Waals surface area contributed by atoms with Gasteiger partial charge in [-0.2, -0.15) is 0 Å². The third-order valence-electron chi connectivity index (χ3n) is 4.87. The maximum Gasteiger partial charge on any atom is 0.238 e. The number of rotatable bonds is 5. The van der Waals surface area contributed by atoms with Crippen LogP contribution in [0.5, 0.6) is 0 Å². The molecule has 0 atom stereocenters. The molecule has 5 heteroatoms. The summed E-state index contributed by atoms with van der Waals surface area (Å²) in [5.41, 5.74) is 4.38. The monoisotopic (exact) mass is 371 g/mol. The third-order valence-corrected chi connectivity index (χ3v) is 5.11. The van der Waals surface area contributed by atoms with Gasteiger partial charge in [-0.05, 0) is 42.7 Å². The van der Waals surface area contributed by atoms with E-state index in [-0.39, 0.29) is 5.91 Å². The highest BCUT2D eigenvalue weighted by molar-refractivity contribution is 6.30. The minimum absolute atomic E-state index is 0.0608. The predicted molar refractivity (Wildman–Crippen MR) is 108 cm³/mol. The molecule has 138 valence electrons. The van der Waals surface area contributed by atoms with E-state index in [0.29, 0.717) is 6.54 Å². The molecule has 0 aromatic heterocycles. The number of amides is 1. The van der Waals surface area contributed by atoms with Gasteiger partial charge in [0.25, 0.3) is 0 Å². The van der Waals surface area contributed by atoms with E-state index in [4.69, 9.17) is 11.6 Å². The van der Waals surface area contributed by atoms with Crippen LogP contribution in [0.1, 0.15) is 16.7 Å². The van der Waals surface area contributed by atoms with Crippen LogP contribution < -0.4 is 5.32 Å². The zero-order valence-corrected chi connectivity index (χ0v) is 16.2. The average Bonchev–Trinajstić information content (AvgIpc) is 2.60. The fraction of sp³-hybridized carbons (Fsp3) is 0.381. The van der Waals surface area contributed by atoms with Crippen molar-refractivity contribution in [2.45, 2.75) is 20.4 Å². The van der Waals surface area contributed by atoms with Gasteiger partial charge in [-0.25, -0.2) is 0 Å². The molecule has 2 aromatic rings. The summed E-state index contributed by atoms with van der Waals surface area (Å²) in [4.78, 5) is 17.0. The van der Waals surface area contributed by atoms with E-state index in [9.17, 15) is 4.79 Å². The molecule has 1 amide bonds. The van der Waals surface area contributed by atoms with Crippen molar-refractivity contribution in [3.63, 3.8) is 0 Å². The van der Waals surface area contributed by atoms with Gasteiger partial charge in [-0.1, -0.05) is 41.9 Å². The Kier molecular flexibility index (Phi) is 6.30. The van der Waals surface area contributed by atoms with E-state index in [1.54, 1.807) is 0 Å². The lowest BCUT2D eigenvalue weighted by Gasteiger charge is -2.34. The van der Waals surface area contributed by atoms with Crippen LogP contribution in [0.2, 0.25) is 5.02 Å². The van der Waals surface area contributed by atoms with Gasteiger partial charge in [0.2, 0.25) is 5.91 Å². The zero-order chi connectivity index (χ0) is 18.5. The Morgan fingerprint density at radius 3 is 2.27 bits per heavy atom. The first-order valence-electron chi connectivity index (χ1n) is 9.06. The van der Waals surface area contributed by atoms with Gasteiger partial charge in [-0.3, -0.25) is 14.6 Å². The first-order chi connectivity index (χ1) is 12.5. The van der Waals surface area contributed by atoms with Crippen molar-refractivity contribution in [3.8, 4) is 0 Å². The first-order valence-corrected chi connectivity index (χ1v) is 9.44. The third kappa shape index (κ3) is 5.07. The van der Waals surface area contributed by atoms with Crippen molar-refractivity contribution in [3.05, 3.63) is 64.2 Å². The summed E-state index contributed by atoms with van der Waals surface area (Å²) >= 11 is 6.06. The van der Waals surface area contributed by atoms with E-state index in [1.807, 2.05) is 50.2 Å². The molecule has 4 nitrogen and oxygen atoms in total. The Labute approximate surface area is 160 Å². The number of anilines is 1. The highest BCUT2D eigenvalue weighted by atomic mass is 35.5. The first kappa shape index (κ1) is 18.9. The summed E-state index contributed by atoms with van der Waals surface area (Å²) in [5, 5.41) is 3.86. The van der Waals surface area contributed by atoms with Crippen molar-refractivity contribution >= 4 is 23.2 Å². The number of aryl methyl sites for hydroxylation is 2. The molecule has 0 saturated carbocycles. The molecule has 2 aromatic carbocycles. The van der Waals surface area contributed by atoms with Crippen molar-refractivity contribution < 1.29 is 4.79 Å². The molecule has 1 N–H and O–H groups in total. The molecule has 1 saturated heterocycles. The Hall–Kier alpha value is -1.88. The lowest BCUT2D eigenvalue weighted by atomic mass is 10.1. The second-order valence-corrected chi connectivity index (χ2v) is 7.43. The summed E-state index contributed by atoms with van der Waals surface area (Å²) in [6.45, 7) is 9.13. The number of hydrogen-bond donors (Lipinski definition) is 1. The number of hydrogen-bond acceptors (Lipinski definition) is 3. The van der Waals surface area contributed by atoms with Crippen LogP contribution in [-0.2, 0) is 11.3 Å². The summed E-state index contributed by atoms with van der Waals surface area (Å²) < 4.78 is 0. The van der Waals surface area contributed by atoms with Crippen LogP contribution in [0.4, 0.5) is 5.69 Å². The average molecular weight is 372 g/mol. The number of piperazine rings is 1. The molecule has 0 unspecified atom stereocenters. The van der Waals surface area contributed by atoms with E-state index in [1.165, 1.54) is 5.56 Å². The maximum atomic E-state index is 12.4. The van der Waals surface area contributed by atoms with Gasteiger partial charge in [0.05, 0.1) is 6.54 Å². The highest BCUT2D eigenvalue weighted by Gasteiger charge is 2.19. The second-order valence-electron chi connectivity index (χ2n) is 7.00. The minimum atomic E-state index is 0.0608. The van der Waals surface area contributed by atoms with Gasteiger partial charge in [0, 0.05) is 43.4 Å². The molecule has 1 heterocycles. The van der Waals surface area contributed by atoms with Crippen LogP contribution >= 0.6 is 11.6 Å².